The first-order valence-electron chi connectivity index (χ1n) is 11.3. The average molecular weight is 470 g/mol. The van der Waals surface area contributed by atoms with Gasteiger partial charge in [-0.15, -0.1) is 0 Å². The van der Waals surface area contributed by atoms with Crippen molar-refractivity contribution in [2.45, 2.75) is 44.1 Å². The molecule has 2 atom stereocenters. The number of ketones is 1. The van der Waals surface area contributed by atoms with Crippen molar-refractivity contribution < 1.29 is 29.0 Å². The first kappa shape index (κ1) is 25.4. The fourth-order valence-corrected chi connectivity index (χ4v) is 3.81. The SMILES string of the molecule is COc1ccc(CC(NC(=O)c2ccc(CN)cc2)C(=O)C(OC2CCNCC2)C(=O)O)cc1. The van der Waals surface area contributed by atoms with Crippen LogP contribution in [-0.4, -0.2) is 61.2 Å². The molecule has 1 heterocycles. The Morgan fingerprint density at radius 3 is 2.24 bits per heavy atom. The molecule has 5 N–H and O–H groups in total. The zero-order valence-corrected chi connectivity index (χ0v) is 19.2. The summed E-state index contributed by atoms with van der Waals surface area (Å²) in [5.74, 6) is -1.91. The first-order chi connectivity index (χ1) is 16.4. The zero-order valence-electron chi connectivity index (χ0n) is 19.2. The Morgan fingerprint density at radius 1 is 1.06 bits per heavy atom. The number of carbonyl (C=O) groups is 3. The molecule has 2 unspecified atom stereocenters. The molecule has 9 nitrogen and oxygen atoms in total. The summed E-state index contributed by atoms with van der Waals surface area (Å²) in [5, 5.41) is 15.7. The average Bonchev–Trinajstić information content (AvgIpc) is 2.87. The van der Waals surface area contributed by atoms with Crippen LogP contribution >= 0.6 is 0 Å². The summed E-state index contributed by atoms with van der Waals surface area (Å²) in [5.41, 5.74) is 7.56. The van der Waals surface area contributed by atoms with Crippen LogP contribution in [0.3, 0.4) is 0 Å². The number of aliphatic carboxylic acids is 1. The zero-order chi connectivity index (χ0) is 24.5. The molecule has 0 bridgehead atoms. The number of nitrogens with one attached hydrogen (secondary N) is 2. The highest BCUT2D eigenvalue weighted by Gasteiger charge is 2.36. The Kier molecular flexibility index (Phi) is 9.15. The van der Waals surface area contributed by atoms with Crippen LogP contribution in [0, 0.1) is 0 Å². The van der Waals surface area contributed by atoms with Crippen LogP contribution in [0.1, 0.15) is 34.3 Å². The molecular formula is C25H31N3O6. The first-order valence-corrected chi connectivity index (χ1v) is 11.3. The Bertz CT molecular complexity index is 971. The van der Waals surface area contributed by atoms with Crippen molar-refractivity contribution in [1.82, 2.24) is 10.6 Å². The molecule has 1 saturated heterocycles. The Morgan fingerprint density at radius 2 is 1.68 bits per heavy atom. The van der Waals surface area contributed by atoms with Gasteiger partial charge in [0.05, 0.1) is 19.3 Å². The highest BCUT2D eigenvalue weighted by Crippen LogP contribution is 2.17. The molecule has 3 rings (SSSR count). The Labute approximate surface area is 198 Å². The smallest absolute Gasteiger partial charge is 0.340 e. The van der Waals surface area contributed by atoms with Crippen LogP contribution in [-0.2, 0) is 27.3 Å². The van der Waals surface area contributed by atoms with Gasteiger partial charge in [0.15, 0.2) is 5.78 Å². The molecule has 1 aliphatic heterocycles. The van der Waals surface area contributed by atoms with E-state index in [1.807, 2.05) is 0 Å². The van der Waals surface area contributed by atoms with E-state index in [1.54, 1.807) is 55.6 Å². The largest absolute Gasteiger partial charge is 0.497 e. The van der Waals surface area contributed by atoms with E-state index in [9.17, 15) is 19.5 Å². The van der Waals surface area contributed by atoms with Crippen molar-refractivity contribution in [2.24, 2.45) is 5.73 Å². The second-order valence-electron chi connectivity index (χ2n) is 8.19. The number of methoxy groups -OCH3 is 1. The molecule has 2 aromatic rings. The van der Waals surface area contributed by atoms with Crippen molar-refractivity contribution >= 4 is 17.7 Å². The second-order valence-corrected chi connectivity index (χ2v) is 8.19. The van der Waals surface area contributed by atoms with Crippen molar-refractivity contribution in [3.05, 3.63) is 65.2 Å². The van der Waals surface area contributed by atoms with Gasteiger partial charge in [-0.1, -0.05) is 24.3 Å². The van der Waals surface area contributed by atoms with E-state index in [1.165, 1.54) is 0 Å². The summed E-state index contributed by atoms with van der Waals surface area (Å²) in [7, 11) is 1.55. The fourth-order valence-electron chi connectivity index (χ4n) is 3.81. The third-order valence-corrected chi connectivity index (χ3v) is 5.80. The highest BCUT2D eigenvalue weighted by atomic mass is 16.5. The monoisotopic (exact) mass is 469 g/mol. The van der Waals surface area contributed by atoms with Crippen LogP contribution in [0.5, 0.6) is 5.75 Å². The third kappa shape index (κ3) is 6.86. The number of carboxylic acid groups (broad SMARTS) is 1. The highest BCUT2D eigenvalue weighted by molar-refractivity contribution is 6.06. The topological polar surface area (TPSA) is 140 Å². The minimum Gasteiger partial charge on any atom is -0.497 e. The van der Waals surface area contributed by atoms with Gasteiger partial charge in [-0.25, -0.2) is 4.79 Å². The molecule has 2 aromatic carbocycles. The Hall–Kier alpha value is -3.27. The van der Waals surface area contributed by atoms with Crippen LogP contribution in [0.2, 0.25) is 0 Å². The van der Waals surface area contributed by atoms with Gasteiger partial charge >= 0.3 is 5.97 Å². The molecule has 1 fully saturated rings. The lowest BCUT2D eigenvalue weighted by Crippen LogP contribution is -2.51. The molecule has 9 heteroatoms. The number of ether oxygens (including phenoxy) is 2. The van der Waals surface area contributed by atoms with E-state index in [-0.39, 0.29) is 12.5 Å². The van der Waals surface area contributed by atoms with E-state index >= 15 is 0 Å². The summed E-state index contributed by atoms with van der Waals surface area (Å²) in [6.07, 6.45) is -0.687. The van der Waals surface area contributed by atoms with Crippen molar-refractivity contribution in [3.8, 4) is 5.75 Å². The van der Waals surface area contributed by atoms with Crippen molar-refractivity contribution in [1.29, 1.82) is 0 Å². The summed E-state index contributed by atoms with van der Waals surface area (Å²) in [6.45, 7) is 1.72. The van der Waals surface area contributed by atoms with Gasteiger partial charge in [0.25, 0.3) is 5.91 Å². The predicted molar refractivity (Wildman–Crippen MR) is 126 cm³/mol. The molecule has 0 saturated carbocycles. The summed E-state index contributed by atoms with van der Waals surface area (Å²) in [6, 6.07) is 12.6. The second kappa shape index (κ2) is 12.3. The molecule has 0 radical (unpaired) electrons. The quantitative estimate of drug-likeness (QED) is 0.361. The normalized spacial score (nSPS) is 15.8. The van der Waals surface area contributed by atoms with E-state index in [4.69, 9.17) is 15.2 Å². The molecule has 34 heavy (non-hydrogen) atoms. The van der Waals surface area contributed by atoms with Crippen molar-refractivity contribution in [2.75, 3.05) is 20.2 Å². The van der Waals surface area contributed by atoms with E-state index in [0.717, 1.165) is 11.1 Å². The Balaban J connectivity index is 1.82. The van der Waals surface area contributed by atoms with Gasteiger partial charge in [0.1, 0.15) is 5.75 Å². The molecule has 0 aromatic heterocycles. The molecular weight excluding hydrogens is 438 g/mol. The minimum absolute atomic E-state index is 0.106. The molecule has 1 aliphatic rings. The lowest BCUT2D eigenvalue weighted by atomic mass is 9.97. The standard InChI is InChI=1S/C25H31N3O6/c1-33-19-8-4-16(5-9-19)14-21(28-24(30)18-6-2-17(15-26)3-7-18)22(29)23(25(31)32)34-20-10-12-27-13-11-20/h2-9,20-21,23,27H,10-15,26H2,1H3,(H,28,30)(H,31,32). The number of nitrogens with two attached hydrogens (primary N) is 1. The maximum atomic E-state index is 13.4. The van der Waals surface area contributed by atoms with E-state index in [2.05, 4.69) is 10.6 Å². The number of amides is 1. The maximum Gasteiger partial charge on any atom is 0.340 e. The van der Waals surface area contributed by atoms with E-state index < -0.39 is 29.8 Å². The minimum atomic E-state index is -1.67. The lowest BCUT2D eigenvalue weighted by Gasteiger charge is -2.28. The maximum absolute atomic E-state index is 13.4. The molecule has 0 spiro atoms. The van der Waals surface area contributed by atoms with Gasteiger partial charge in [0.2, 0.25) is 6.10 Å². The number of hydrogen-bond donors (Lipinski definition) is 4. The van der Waals surface area contributed by atoms with Gasteiger partial charge in [0, 0.05) is 12.1 Å². The molecule has 1 amide bonds. The van der Waals surface area contributed by atoms with Crippen LogP contribution in [0.4, 0.5) is 0 Å². The number of Topliss-reactive ketones (excluding diaryl/α,β-unsaturated/α-hetero) is 1. The third-order valence-electron chi connectivity index (χ3n) is 5.80. The number of rotatable bonds is 11. The summed E-state index contributed by atoms with van der Waals surface area (Å²) in [4.78, 5) is 38.3. The van der Waals surface area contributed by atoms with Crippen LogP contribution in [0.15, 0.2) is 48.5 Å². The predicted octanol–water partition coefficient (Wildman–Crippen LogP) is 1.29. The number of carbonyl (C=O) groups excluding carboxylic acids is 2. The van der Waals surface area contributed by atoms with Crippen LogP contribution in [0.25, 0.3) is 0 Å². The van der Waals surface area contributed by atoms with Gasteiger partial charge in [-0.05, 0) is 67.7 Å². The number of benzene rings is 2. The number of hydrogen-bond acceptors (Lipinski definition) is 7. The van der Waals surface area contributed by atoms with Gasteiger partial charge < -0.3 is 30.9 Å². The number of piperidine rings is 1. The summed E-state index contributed by atoms with van der Waals surface area (Å²) >= 11 is 0. The molecule has 0 aliphatic carbocycles. The number of carboxylic acids is 1. The van der Waals surface area contributed by atoms with E-state index in [0.29, 0.717) is 43.8 Å². The van der Waals surface area contributed by atoms with Crippen molar-refractivity contribution in [3.63, 3.8) is 0 Å². The lowest BCUT2D eigenvalue weighted by molar-refractivity contribution is -0.162. The summed E-state index contributed by atoms with van der Waals surface area (Å²) < 4.78 is 10.9. The molecule has 182 valence electrons. The van der Waals surface area contributed by atoms with Gasteiger partial charge in [-0.2, -0.15) is 0 Å². The van der Waals surface area contributed by atoms with Gasteiger partial charge in [-0.3, -0.25) is 9.59 Å². The fraction of sp³-hybridized carbons (Fsp3) is 0.400. The van der Waals surface area contributed by atoms with Crippen LogP contribution < -0.4 is 21.1 Å².